The van der Waals surface area contributed by atoms with Crippen LogP contribution in [0.25, 0.3) is 16.9 Å². The van der Waals surface area contributed by atoms with Crippen molar-refractivity contribution in [1.29, 1.82) is 0 Å². The van der Waals surface area contributed by atoms with E-state index in [2.05, 4.69) is 5.10 Å². The summed E-state index contributed by atoms with van der Waals surface area (Å²) >= 11 is 6.09. The molecule has 150 valence electrons. The Kier molecular flexibility index (Phi) is 5.08. The molecular weight excluding hydrogens is 403 g/mol. The van der Waals surface area contributed by atoms with Gasteiger partial charge in [-0.3, -0.25) is 4.79 Å². The van der Waals surface area contributed by atoms with E-state index in [1.54, 1.807) is 35.2 Å². The summed E-state index contributed by atoms with van der Waals surface area (Å²) < 4.78 is 41.1. The van der Waals surface area contributed by atoms with Crippen LogP contribution in [0.5, 0.6) is 0 Å². The molecule has 0 aliphatic carbocycles. The molecule has 0 spiro atoms. The number of carbonyl (C=O) groups excluding carboxylic acids is 1. The van der Waals surface area contributed by atoms with Gasteiger partial charge in [0.05, 0.1) is 16.9 Å². The van der Waals surface area contributed by atoms with E-state index in [-0.39, 0.29) is 11.6 Å². The molecule has 0 N–H and O–H groups in total. The van der Waals surface area contributed by atoms with Crippen LogP contribution in [0.15, 0.2) is 54.6 Å². The number of aromatic nitrogens is 2. The first kappa shape index (κ1) is 19.5. The lowest BCUT2D eigenvalue weighted by molar-refractivity contribution is -0.137. The standard InChI is InChI=1S/C21H17ClF3N3O/c22-16-7-4-8-17(12-16)28-19(14-5-3-6-15(11-14)21(23,24)25)13-18(26-28)20(29)27-9-1-2-10-27/h3-8,11-13H,1-2,9-10H2. The van der Waals surface area contributed by atoms with Gasteiger partial charge in [-0.25, -0.2) is 4.68 Å². The van der Waals surface area contributed by atoms with Gasteiger partial charge in [0, 0.05) is 23.7 Å². The number of nitrogens with zero attached hydrogens (tertiary/aromatic N) is 3. The summed E-state index contributed by atoms with van der Waals surface area (Å²) in [5, 5.41) is 4.88. The zero-order valence-corrected chi connectivity index (χ0v) is 16.0. The Labute approximate surface area is 170 Å². The number of hydrogen-bond acceptors (Lipinski definition) is 2. The SMILES string of the molecule is O=C(c1cc(-c2cccc(C(F)(F)F)c2)n(-c2cccc(Cl)c2)n1)N1CCCC1. The first-order valence-corrected chi connectivity index (χ1v) is 9.53. The van der Waals surface area contributed by atoms with E-state index in [1.807, 2.05) is 0 Å². The molecule has 1 aliphatic rings. The van der Waals surface area contributed by atoms with Crippen LogP contribution < -0.4 is 0 Å². The highest BCUT2D eigenvalue weighted by molar-refractivity contribution is 6.30. The highest BCUT2D eigenvalue weighted by Gasteiger charge is 2.31. The topological polar surface area (TPSA) is 38.1 Å². The lowest BCUT2D eigenvalue weighted by atomic mass is 10.1. The number of amides is 1. The molecule has 0 atom stereocenters. The second-order valence-corrected chi connectivity index (χ2v) is 7.32. The van der Waals surface area contributed by atoms with Gasteiger partial charge in [0.15, 0.2) is 5.69 Å². The number of alkyl halides is 3. The average Bonchev–Trinajstić information content (AvgIpc) is 3.37. The molecule has 0 saturated carbocycles. The quantitative estimate of drug-likeness (QED) is 0.566. The molecule has 0 bridgehead atoms. The Morgan fingerprint density at radius 2 is 1.72 bits per heavy atom. The number of likely N-dealkylation sites (tertiary alicyclic amines) is 1. The first-order valence-electron chi connectivity index (χ1n) is 9.16. The third-order valence-electron chi connectivity index (χ3n) is 4.86. The second kappa shape index (κ2) is 7.55. The predicted octanol–water partition coefficient (Wildman–Crippen LogP) is 5.45. The van der Waals surface area contributed by atoms with Crippen molar-refractivity contribution >= 4 is 17.5 Å². The molecule has 0 radical (unpaired) electrons. The second-order valence-electron chi connectivity index (χ2n) is 6.88. The molecule has 3 aromatic rings. The maximum atomic E-state index is 13.2. The number of hydrogen-bond donors (Lipinski definition) is 0. The van der Waals surface area contributed by atoms with Gasteiger partial charge in [-0.1, -0.05) is 29.8 Å². The number of benzene rings is 2. The minimum absolute atomic E-state index is 0.194. The van der Waals surface area contributed by atoms with Crippen molar-refractivity contribution < 1.29 is 18.0 Å². The first-order chi connectivity index (χ1) is 13.8. The molecule has 0 unspecified atom stereocenters. The fourth-order valence-corrected chi connectivity index (χ4v) is 3.62. The van der Waals surface area contributed by atoms with Gasteiger partial charge < -0.3 is 4.90 Å². The van der Waals surface area contributed by atoms with Crippen LogP contribution in [0.1, 0.15) is 28.9 Å². The summed E-state index contributed by atoms with van der Waals surface area (Å²) in [7, 11) is 0. The highest BCUT2D eigenvalue weighted by Crippen LogP contribution is 2.33. The molecular formula is C21H17ClF3N3O. The van der Waals surface area contributed by atoms with Crippen molar-refractivity contribution in [2.75, 3.05) is 13.1 Å². The molecule has 4 rings (SSSR count). The monoisotopic (exact) mass is 419 g/mol. The molecule has 2 aromatic carbocycles. The minimum Gasteiger partial charge on any atom is -0.337 e. The van der Waals surface area contributed by atoms with Crippen LogP contribution in [0.2, 0.25) is 5.02 Å². The van der Waals surface area contributed by atoms with Crippen molar-refractivity contribution in [1.82, 2.24) is 14.7 Å². The normalized spacial score (nSPS) is 14.4. The third-order valence-corrected chi connectivity index (χ3v) is 5.10. The molecule has 1 aromatic heterocycles. The van der Waals surface area contributed by atoms with Gasteiger partial charge in [0.1, 0.15) is 0 Å². The van der Waals surface area contributed by atoms with Gasteiger partial charge in [-0.15, -0.1) is 0 Å². The predicted molar refractivity (Wildman–Crippen MR) is 104 cm³/mol. The van der Waals surface area contributed by atoms with Crippen molar-refractivity contribution in [3.63, 3.8) is 0 Å². The number of halogens is 4. The Bertz CT molecular complexity index is 1060. The molecule has 29 heavy (non-hydrogen) atoms. The van der Waals surface area contributed by atoms with Gasteiger partial charge in [-0.05, 0) is 49.2 Å². The summed E-state index contributed by atoms with van der Waals surface area (Å²) in [5.74, 6) is -0.225. The van der Waals surface area contributed by atoms with Crippen LogP contribution in [-0.4, -0.2) is 33.7 Å². The van der Waals surface area contributed by atoms with E-state index < -0.39 is 11.7 Å². The van der Waals surface area contributed by atoms with E-state index >= 15 is 0 Å². The molecule has 1 amide bonds. The van der Waals surface area contributed by atoms with Crippen molar-refractivity contribution in [2.24, 2.45) is 0 Å². The summed E-state index contributed by atoms with van der Waals surface area (Å²) in [6, 6.07) is 13.3. The van der Waals surface area contributed by atoms with Crippen molar-refractivity contribution in [2.45, 2.75) is 19.0 Å². The zero-order valence-electron chi connectivity index (χ0n) is 15.3. The zero-order chi connectivity index (χ0) is 20.6. The van der Waals surface area contributed by atoms with E-state index in [4.69, 9.17) is 11.6 Å². The Hall–Kier alpha value is -2.80. The molecule has 2 heterocycles. The molecule has 1 fully saturated rings. The van der Waals surface area contributed by atoms with Crippen LogP contribution in [0.4, 0.5) is 13.2 Å². The van der Waals surface area contributed by atoms with Crippen molar-refractivity contribution in [3.8, 4) is 16.9 Å². The molecule has 1 aliphatic heterocycles. The summed E-state index contributed by atoms with van der Waals surface area (Å²) in [6.07, 6.45) is -2.60. The maximum Gasteiger partial charge on any atom is 0.416 e. The highest BCUT2D eigenvalue weighted by atomic mass is 35.5. The Balaban J connectivity index is 1.84. The molecule has 8 heteroatoms. The van der Waals surface area contributed by atoms with Crippen LogP contribution >= 0.6 is 11.6 Å². The molecule has 1 saturated heterocycles. The minimum atomic E-state index is -4.47. The van der Waals surface area contributed by atoms with Gasteiger partial charge in [0.2, 0.25) is 0 Å². The molecule has 4 nitrogen and oxygen atoms in total. The number of carbonyl (C=O) groups is 1. The number of rotatable bonds is 3. The van der Waals surface area contributed by atoms with E-state index in [1.165, 1.54) is 16.8 Å². The van der Waals surface area contributed by atoms with E-state index in [0.717, 1.165) is 25.0 Å². The smallest absolute Gasteiger partial charge is 0.337 e. The summed E-state index contributed by atoms with van der Waals surface area (Å²) in [4.78, 5) is 14.5. The van der Waals surface area contributed by atoms with E-state index in [0.29, 0.717) is 35.1 Å². The lowest BCUT2D eigenvalue weighted by Crippen LogP contribution is -2.28. The summed E-state index contributed by atoms with van der Waals surface area (Å²) in [6.45, 7) is 1.31. The van der Waals surface area contributed by atoms with Gasteiger partial charge >= 0.3 is 6.18 Å². The van der Waals surface area contributed by atoms with Gasteiger partial charge in [-0.2, -0.15) is 18.3 Å². The van der Waals surface area contributed by atoms with Gasteiger partial charge in [0.25, 0.3) is 5.91 Å². The Morgan fingerprint density at radius 3 is 2.41 bits per heavy atom. The fourth-order valence-electron chi connectivity index (χ4n) is 3.43. The summed E-state index contributed by atoms with van der Waals surface area (Å²) in [5.41, 5.74) is 0.694. The maximum absolute atomic E-state index is 13.2. The third kappa shape index (κ3) is 4.00. The largest absolute Gasteiger partial charge is 0.416 e. The van der Waals surface area contributed by atoms with Crippen molar-refractivity contribution in [3.05, 3.63) is 70.9 Å². The van der Waals surface area contributed by atoms with Crippen LogP contribution in [0, 0.1) is 0 Å². The average molecular weight is 420 g/mol. The van der Waals surface area contributed by atoms with E-state index in [9.17, 15) is 18.0 Å². The van der Waals surface area contributed by atoms with Crippen LogP contribution in [-0.2, 0) is 6.18 Å². The lowest BCUT2D eigenvalue weighted by Gasteiger charge is -2.12. The van der Waals surface area contributed by atoms with Crippen LogP contribution in [0.3, 0.4) is 0 Å². The Morgan fingerprint density at radius 1 is 1.00 bits per heavy atom. The fraction of sp³-hybridized carbons (Fsp3) is 0.238.